The SMILES string of the molecule is NC(CF)(Cc1ccc(O)cc1F)C(=O)O. The van der Waals surface area contributed by atoms with Gasteiger partial charge in [0.25, 0.3) is 0 Å². The minimum atomic E-state index is -2.14. The minimum Gasteiger partial charge on any atom is -0.508 e. The summed E-state index contributed by atoms with van der Waals surface area (Å²) in [4.78, 5) is 10.7. The average molecular weight is 231 g/mol. The number of nitrogens with two attached hydrogens (primary N) is 1. The summed E-state index contributed by atoms with van der Waals surface area (Å²) in [6, 6.07) is 3.17. The lowest BCUT2D eigenvalue weighted by Gasteiger charge is -2.21. The zero-order valence-corrected chi connectivity index (χ0v) is 8.28. The Labute approximate surface area is 90.3 Å². The highest BCUT2D eigenvalue weighted by atomic mass is 19.1. The van der Waals surface area contributed by atoms with Crippen molar-refractivity contribution in [3.8, 4) is 5.75 Å². The van der Waals surface area contributed by atoms with Crippen molar-refractivity contribution in [2.75, 3.05) is 6.67 Å². The van der Waals surface area contributed by atoms with E-state index >= 15 is 0 Å². The Kier molecular flexibility index (Phi) is 3.44. The van der Waals surface area contributed by atoms with Crippen LogP contribution >= 0.6 is 0 Å². The summed E-state index contributed by atoms with van der Waals surface area (Å²) in [6.07, 6.45) is -0.481. The van der Waals surface area contributed by atoms with Gasteiger partial charge >= 0.3 is 5.97 Å². The van der Waals surface area contributed by atoms with Gasteiger partial charge in [-0.1, -0.05) is 6.07 Å². The number of carboxylic acid groups (broad SMARTS) is 1. The maximum atomic E-state index is 13.2. The van der Waals surface area contributed by atoms with Crippen molar-refractivity contribution < 1.29 is 23.8 Å². The second-order valence-electron chi connectivity index (χ2n) is 3.55. The molecule has 0 heterocycles. The van der Waals surface area contributed by atoms with Gasteiger partial charge in [0.2, 0.25) is 0 Å². The number of rotatable bonds is 4. The zero-order chi connectivity index (χ0) is 12.3. The van der Waals surface area contributed by atoms with Crippen LogP contribution in [-0.2, 0) is 11.2 Å². The molecule has 6 heteroatoms. The fraction of sp³-hybridized carbons (Fsp3) is 0.300. The number of hydrogen-bond donors (Lipinski definition) is 3. The smallest absolute Gasteiger partial charge is 0.326 e. The molecule has 4 nitrogen and oxygen atoms in total. The minimum absolute atomic E-state index is 0.0552. The van der Waals surface area contributed by atoms with Crippen molar-refractivity contribution in [2.24, 2.45) is 5.73 Å². The summed E-state index contributed by atoms with van der Waals surface area (Å²) < 4.78 is 25.8. The maximum absolute atomic E-state index is 13.2. The molecular weight excluding hydrogens is 220 g/mol. The Morgan fingerprint density at radius 1 is 1.50 bits per heavy atom. The Morgan fingerprint density at radius 3 is 2.56 bits per heavy atom. The van der Waals surface area contributed by atoms with Crippen molar-refractivity contribution in [2.45, 2.75) is 12.0 Å². The summed E-state index contributed by atoms with van der Waals surface area (Å²) in [7, 11) is 0. The molecule has 16 heavy (non-hydrogen) atoms. The molecule has 0 bridgehead atoms. The molecule has 0 saturated carbocycles. The largest absolute Gasteiger partial charge is 0.508 e. The normalized spacial score (nSPS) is 14.4. The molecule has 88 valence electrons. The molecule has 0 radical (unpaired) electrons. The fourth-order valence-corrected chi connectivity index (χ4v) is 1.20. The lowest BCUT2D eigenvalue weighted by atomic mass is 9.93. The topological polar surface area (TPSA) is 83.5 Å². The molecule has 1 unspecified atom stereocenters. The Hall–Kier alpha value is -1.69. The van der Waals surface area contributed by atoms with Crippen molar-refractivity contribution in [1.29, 1.82) is 0 Å². The van der Waals surface area contributed by atoms with Crippen molar-refractivity contribution in [3.05, 3.63) is 29.6 Å². The fourth-order valence-electron chi connectivity index (χ4n) is 1.20. The van der Waals surface area contributed by atoms with E-state index in [9.17, 15) is 13.6 Å². The van der Waals surface area contributed by atoms with E-state index in [4.69, 9.17) is 15.9 Å². The number of hydrogen-bond acceptors (Lipinski definition) is 3. The molecule has 0 saturated heterocycles. The first-order valence-corrected chi connectivity index (χ1v) is 4.44. The number of phenols is 1. The number of phenolic OH excluding ortho intramolecular Hbond substituents is 1. The van der Waals surface area contributed by atoms with Crippen LogP contribution in [-0.4, -0.2) is 28.4 Å². The van der Waals surface area contributed by atoms with Crippen molar-refractivity contribution >= 4 is 5.97 Å². The third-order valence-electron chi connectivity index (χ3n) is 2.21. The van der Waals surface area contributed by atoms with Crippen LogP contribution in [0.1, 0.15) is 5.56 Å². The van der Waals surface area contributed by atoms with Gasteiger partial charge in [-0.15, -0.1) is 0 Å². The molecule has 0 aliphatic rings. The predicted octanol–water partition coefficient (Wildman–Crippen LogP) is 0.825. The summed E-state index contributed by atoms with van der Waals surface area (Å²) in [5, 5.41) is 17.6. The van der Waals surface area contributed by atoms with E-state index in [0.29, 0.717) is 0 Å². The van der Waals surface area contributed by atoms with Crippen molar-refractivity contribution in [1.82, 2.24) is 0 Å². The van der Waals surface area contributed by atoms with E-state index in [1.807, 2.05) is 0 Å². The quantitative estimate of drug-likeness (QED) is 0.716. The van der Waals surface area contributed by atoms with E-state index in [1.54, 1.807) is 0 Å². The van der Waals surface area contributed by atoms with Gasteiger partial charge in [-0.2, -0.15) is 0 Å². The standard InChI is InChI=1S/C10H11F2NO3/c11-5-10(13,9(15)16)4-6-1-2-7(14)3-8(6)12/h1-3,14H,4-5,13H2,(H,15,16). The van der Waals surface area contributed by atoms with Gasteiger partial charge in [0.05, 0.1) is 0 Å². The average Bonchev–Trinajstić information content (AvgIpc) is 2.22. The second kappa shape index (κ2) is 4.44. The highest BCUT2D eigenvalue weighted by molar-refractivity contribution is 5.79. The van der Waals surface area contributed by atoms with Gasteiger partial charge in [-0.3, -0.25) is 4.79 Å². The van der Waals surface area contributed by atoms with Gasteiger partial charge in [0.15, 0.2) is 0 Å². The molecule has 1 rings (SSSR count). The highest BCUT2D eigenvalue weighted by Gasteiger charge is 2.35. The lowest BCUT2D eigenvalue weighted by Crippen LogP contribution is -2.52. The summed E-state index contributed by atoms with van der Waals surface area (Å²) >= 11 is 0. The molecule has 1 atom stereocenters. The van der Waals surface area contributed by atoms with Gasteiger partial charge < -0.3 is 15.9 Å². The van der Waals surface area contributed by atoms with Crippen molar-refractivity contribution in [3.63, 3.8) is 0 Å². The molecule has 0 aliphatic carbocycles. The van der Waals surface area contributed by atoms with Crippen LogP contribution in [0.3, 0.4) is 0 Å². The number of alkyl halides is 1. The van der Waals surface area contributed by atoms with E-state index in [0.717, 1.165) is 6.07 Å². The van der Waals surface area contributed by atoms with E-state index in [1.165, 1.54) is 12.1 Å². The third kappa shape index (κ3) is 2.46. The molecule has 0 fully saturated rings. The Balaban J connectivity index is 2.99. The number of benzene rings is 1. The van der Waals surface area contributed by atoms with Crippen LogP contribution in [0.5, 0.6) is 5.75 Å². The second-order valence-corrected chi connectivity index (χ2v) is 3.55. The van der Waals surface area contributed by atoms with Crippen LogP contribution in [0.2, 0.25) is 0 Å². The molecule has 0 amide bonds. The molecular formula is C10H11F2NO3. The summed E-state index contributed by atoms with van der Waals surface area (Å²) in [5.41, 5.74) is 3.08. The number of halogens is 2. The molecule has 1 aromatic carbocycles. The number of aliphatic carboxylic acids is 1. The van der Waals surface area contributed by atoms with E-state index in [2.05, 4.69) is 0 Å². The predicted molar refractivity (Wildman–Crippen MR) is 52.3 cm³/mol. The van der Waals surface area contributed by atoms with E-state index < -0.39 is 30.4 Å². The zero-order valence-electron chi connectivity index (χ0n) is 8.28. The first-order valence-electron chi connectivity index (χ1n) is 4.44. The Bertz CT molecular complexity index is 411. The van der Waals surface area contributed by atoms with Crippen LogP contribution in [0.4, 0.5) is 8.78 Å². The highest BCUT2D eigenvalue weighted by Crippen LogP contribution is 2.19. The monoisotopic (exact) mass is 231 g/mol. The van der Waals surface area contributed by atoms with Crippen LogP contribution in [0.15, 0.2) is 18.2 Å². The number of carboxylic acids is 1. The Morgan fingerprint density at radius 2 is 2.12 bits per heavy atom. The summed E-state index contributed by atoms with van der Waals surface area (Å²) in [6.45, 7) is -1.30. The van der Waals surface area contributed by atoms with Gasteiger partial charge in [0, 0.05) is 12.5 Å². The van der Waals surface area contributed by atoms with E-state index in [-0.39, 0.29) is 11.3 Å². The number of aromatic hydroxyl groups is 1. The first kappa shape index (κ1) is 12.4. The van der Waals surface area contributed by atoms with Crippen LogP contribution in [0, 0.1) is 5.82 Å². The molecule has 0 aromatic heterocycles. The molecule has 0 spiro atoms. The summed E-state index contributed by atoms with van der Waals surface area (Å²) in [5.74, 6) is -2.65. The molecule has 4 N–H and O–H groups in total. The third-order valence-corrected chi connectivity index (χ3v) is 2.21. The lowest BCUT2D eigenvalue weighted by molar-refractivity contribution is -0.143. The van der Waals surface area contributed by atoms with Crippen LogP contribution in [0.25, 0.3) is 0 Å². The molecule has 1 aromatic rings. The maximum Gasteiger partial charge on any atom is 0.326 e. The number of carbonyl (C=O) groups is 1. The molecule has 0 aliphatic heterocycles. The van der Waals surface area contributed by atoms with Gasteiger partial charge in [-0.25, -0.2) is 8.78 Å². The van der Waals surface area contributed by atoms with Crippen LogP contribution < -0.4 is 5.73 Å². The first-order chi connectivity index (χ1) is 7.39. The van der Waals surface area contributed by atoms with Gasteiger partial charge in [0.1, 0.15) is 23.8 Å². The van der Waals surface area contributed by atoms with Gasteiger partial charge in [-0.05, 0) is 11.6 Å².